The largest absolute Gasteiger partial charge is 0.342 e. The number of benzene rings is 1. The van der Waals surface area contributed by atoms with Crippen LogP contribution in [0.3, 0.4) is 0 Å². The molecule has 0 bridgehead atoms. The molecule has 3 rings (SSSR count). The molecule has 0 N–H and O–H groups in total. The van der Waals surface area contributed by atoms with Gasteiger partial charge >= 0.3 is 0 Å². The predicted molar refractivity (Wildman–Crippen MR) is 89.8 cm³/mol. The Morgan fingerprint density at radius 2 is 2.13 bits per heavy atom. The number of pyridine rings is 1. The Bertz CT molecular complexity index is 838. The van der Waals surface area contributed by atoms with Crippen LogP contribution in [0, 0.1) is 5.92 Å². The number of carbonyl (C=O) groups is 1. The summed E-state index contributed by atoms with van der Waals surface area (Å²) in [6.07, 6.45) is 2.75. The predicted octanol–water partition coefficient (Wildman–Crippen LogP) is 2.19. The zero-order valence-corrected chi connectivity index (χ0v) is 14.1. The molecule has 0 spiro atoms. The van der Waals surface area contributed by atoms with Gasteiger partial charge in [0, 0.05) is 47.7 Å². The number of hydrogen-bond acceptors (Lipinski definition) is 4. The van der Waals surface area contributed by atoms with Gasteiger partial charge in [0.2, 0.25) is 15.0 Å². The average Bonchev–Trinajstić information content (AvgIpc) is 2.82. The molecule has 1 aromatic heterocycles. The maximum atomic E-state index is 12.0. The third-order valence-corrected chi connectivity index (χ3v) is 5.31. The van der Waals surface area contributed by atoms with Gasteiger partial charge in [-0.05, 0) is 30.2 Å². The zero-order valence-electron chi connectivity index (χ0n) is 12.5. The van der Waals surface area contributed by atoms with Gasteiger partial charge in [-0.2, -0.15) is 0 Å². The maximum absolute atomic E-state index is 12.0. The van der Waals surface area contributed by atoms with Gasteiger partial charge in [0.1, 0.15) is 0 Å². The lowest BCUT2D eigenvalue weighted by atomic mass is 10.1. The number of carbonyl (C=O) groups excluding carboxylic acids is 1. The molecule has 1 atom stereocenters. The molecular weight excluding hydrogens is 336 g/mol. The Labute approximate surface area is 139 Å². The monoisotopic (exact) mass is 352 g/mol. The highest BCUT2D eigenvalue weighted by Crippen LogP contribution is 2.21. The summed E-state index contributed by atoms with van der Waals surface area (Å²) in [6, 6.07) is 9.96. The molecule has 2 aromatic rings. The van der Waals surface area contributed by atoms with Crippen LogP contribution in [0.15, 0.2) is 36.5 Å². The van der Waals surface area contributed by atoms with E-state index in [1.165, 1.54) is 0 Å². The van der Waals surface area contributed by atoms with Crippen molar-refractivity contribution < 1.29 is 13.2 Å². The SMILES string of the molecule is O=C1CC(CS(=O)(=O)Cl)CN1CCc1ccc2ncccc2c1. The average molecular weight is 353 g/mol. The Balaban J connectivity index is 1.62. The second-order valence-electron chi connectivity index (χ2n) is 5.90. The Kier molecular flexibility index (Phi) is 4.55. The number of rotatable bonds is 5. The van der Waals surface area contributed by atoms with Crippen LogP contribution in [0.25, 0.3) is 10.9 Å². The quantitative estimate of drug-likeness (QED) is 0.774. The maximum Gasteiger partial charge on any atom is 0.232 e. The van der Waals surface area contributed by atoms with Crippen LogP contribution in [0.4, 0.5) is 0 Å². The highest BCUT2D eigenvalue weighted by molar-refractivity contribution is 8.13. The van der Waals surface area contributed by atoms with Crippen molar-refractivity contribution in [3.8, 4) is 0 Å². The molecule has 2 heterocycles. The third-order valence-electron chi connectivity index (χ3n) is 4.07. The van der Waals surface area contributed by atoms with E-state index in [4.69, 9.17) is 10.7 Å². The van der Waals surface area contributed by atoms with Crippen molar-refractivity contribution in [1.29, 1.82) is 0 Å². The number of hydrogen-bond donors (Lipinski definition) is 0. The van der Waals surface area contributed by atoms with Crippen LogP contribution in [-0.4, -0.2) is 43.1 Å². The Hall–Kier alpha value is -1.66. The lowest BCUT2D eigenvalue weighted by Crippen LogP contribution is -2.28. The zero-order chi connectivity index (χ0) is 16.4. The van der Waals surface area contributed by atoms with Crippen LogP contribution >= 0.6 is 10.7 Å². The van der Waals surface area contributed by atoms with Gasteiger partial charge in [0.05, 0.1) is 11.3 Å². The smallest absolute Gasteiger partial charge is 0.232 e. The summed E-state index contributed by atoms with van der Waals surface area (Å²) in [4.78, 5) is 18.0. The molecule has 1 aromatic carbocycles. The molecule has 122 valence electrons. The fraction of sp³-hybridized carbons (Fsp3) is 0.375. The molecule has 1 fully saturated rings. The Morgan fingerprint density at radius 1 is 1.30 bits per heavy atom. The Morgan fingerprint density at radius 3 is 2.91 bits per heavy atom. The summed E-state index contributed by atoms with van der Waals surface area (Å²) < 4.78 is 22.3. The third kappa shape index (κ3) is 4.20. The van der Waals surface area contributed by atoms with E-state index in [1.54, 1.807) is 11.1 Å². The minimum atomic E-state index is -3.56. The van der Waals surface area contributed by atoms with Crippen molar-refractivity contribution in [2.24, 2.45) is 5.92 Å². The summed E-state index contributed by atoms with van der Waals surface area (Å²) >= 11 is 0. The molecule has 1 amide bonds. The van der Waals surface area contributed by atoms with Crippen molar-refractivity contribution in [2.45, 2.75) is 12.8 Å². The van der Waals surface area contributed by atoms with Crippen LogP contribution in [0.1, 0.15) is 12.0 Å². The summed E-state index contributed by atoms with van der Waals surface area (Å²) in [7, 11) is 1.71. The van der Waals surface area contributed by atoms with Gasteiger partial charge in [-0.15, -0.1) is 0 Å². The van der Waals surface area contributed by atoms with Crippen molar-refractivity contribution >= 4 is 36.5 Å². The normalized spacial score (nSPS) is 18.7. The topological polar surface area (TPSA) is 67.3 Å². The van der Waals surface area contributed by atoms with Gasteiger partial charge in [0.15, 0.2) is 0 Å². The van der Waals surface area contributed by atoms with Crippen molar-refractivity contribution in [2.75, 3.05) is 18.8 Å². The summed E-state index contributed by atoms with van der Waals surface area (Å²) in [5.41, 5.74) is 2.08. The lowest BCUT2D eigenvalue weighted by molar-refractivity contribution is -0.127. The van der Waals surface area contributed by atoms with Crippen LogP contribution in [0.2, 0.25) is 0 Å². The molecule has 7 heteroatoms. The number of nitrogens with zero attached hydrogens (tertiary/aromatic N) is 2. The van der Waals surface area contributed by atoms with E-state index in [2.05, 4.69) is 11.1 Å². The number of fused-ring (bicyclic) bond motifs is 1. The molecule has 1 aliphatic heterocycles. The van der Waals surface area contributed by atoms with Gasteiger partial charge in [-0.1, -0.05) is 12.1 Å². The first kappa shape index (κ1) is 16.2. The van der Waals surface area contributed by atoms with Crippen LogP contribution in [0.5, 0.6) is 0 Å². The molecule has 23 heavy (non-hydrogen) atoms. The minimum Gasteiger partial charge on any atom is -0.342 e. The lowest BCUT2D eigenvalue weighted by Gasteiger charge is -2.16. The highest BCUT2D eigenvalue weighted by atomic mass is 35.7. The van der Waals surface area contributed by atoms with E-state index >= 15 is 0 Å². The van der Waals surface area contributed by atoms with E-state index in [0.717, 1.165) is 22.9 Å². The first-order valence-corrected chi connectivity index (χ1v) is 9.92. The molecule has 1 aliphatic rings. The first-order valence-electron chi connectivity index (χ1n) is 7.44. The molecule has 1 unspecified atom stereocenters. The minimum absolute atomic E-state index is 0.00206. The van der Waals surface area contributed by atoms with E-state index < -0.39 is 9.05 Å². The van der Waals surface area contributed by atoms with E-state index in [9.17, 15) is 13.2 Å². The number of halogens is 1. The van der Waals surface area contributed by atoms with Gasteiger partial charge < -0.3 is 4.90 Å². The van der Waals surface area contributed by atoms with Gasteiger partial charge in [-0.3, -0.25) is 9.78 Å². The van der Waals surface area contributed by atoms with Crippen LogP contribution < -0.4 is 0 Å². The molecule has 0 aliphatic carbocycles. The van der Waals surface area contributed by atoms with Crippen molar-refractivity contribution in [1.82, 2.24) is 9.88 Å². The van der Waals surface area contributed by atoms with Gasteiger partial charge in [0.25, 0.3) is 0 Å². The van der Waals surface area contributed by atoms with E-state index in [-0.39, 0.29) is 24.0 Å². The van der Waals surface area contributed by atoms with E-state index in [0.29, 0.717) is 13.1 Å². The molecule has 1 saturated heterocycles. The summed E-state index contributed by atoms with van der Waals surface area (Å²) in [5.74, 6) is -0.345. The van der Waals surface area contributed by atoms with Crippen LogP contribution in [-0.2, 0) is 20.3 Å². The second kappa shape index (κ2) is 6.45. The number of amides is 1. The molecule has 5 nitrogen and oxygen atoms in total. The second-order valence-corrected chi connectivity index (χ2v) is 8.72. The fourth-order valence-electron chi connectivity index (χ4n) is 3.01. The fourth-order valence-corrected chi connectivity index (χ4v) is 4.33. The van der Waals surface area contributed by atoms with Gasteiger partial charge in [-0.25, -0.2) is 8.42 Å². The molecule has 0 radical (unpaired) electrons. The van der Waals surface area contributed by atoms with E-state index in [1.807, 2.05) is 24.3 Å². The number of likely N-dealkylation sites (tertiary alicyclic amines) is 1. The summed E-state index contributed by atoms with van der Waals surface area (Å²) in [6.45, 7) is 1.04. The standard InChI is InChI=1S/C16H17ClN2O3S/c17-23(21,22)11-13-9-16(20)19(10-13)7-5-12-3-4-15-14(8-12)2-1-6-18-15/h1-4,6,8,13H,5,7,9-11H2. The summed E-state index contributed by atoms with van der Waals surface area (Å²) in [5, 5.41) is 1.07. The first-order chi connectivity index (χ1) is 10.9. The van der Waals surface area contributed by atoms with Crippen molar-refractivity contribution in [3.63, 3.8) is 0 Å². The number of aromatic nitrogens is 1. The molecular formula is C16H17ClN2O3S. The molecule has 0 saturated carbocycles. The van der Waals surface area contributed by atoms with Crippen molar-refractivity contribution in [3.05, 3.63) is 42.1 Å². The highest BCUT2D eigenvalue weighted by Gasteiger charge is 2.31.